The van der Waals surface area contributed by atoms with Crippen LogP contribution >= 0.6 is 0 Å². The van der Waals surface area contributed by atoms with Gasteiger partial charge in [0.05, 0.1) is 0 Å². The fourth-order valence-corrected chi connectivity index (χ4v) is 3.82. The first-order valence-electron chi connectivity index (χ1n) is 8.73. The van der Waals surface area contributed by atoms with E-state index in [1.807, 2.05) is 12.1 Å². The zero-order chi connectivity index (χ0) is 16.2. The molecule has 23 heavy (non-hydrogen) atoms. The van der Waals surface area contributed by atoms with E-state index in [2.05, 4.69) is 17.4 Å². The van der Waals surface area contributed by atoms with Crippen molar-refractivity contribution in [3.05, 3.63) is 35.4 Å². The fourth-order valence-electron chi connectivity index (χ4n) is 3.82. The Morgan fingerprint density at radius 2 is 1.96 bits per heavy atom. The Hall–Kier alpha value is -1.84. The third-order valence-electron chi connectivity index (χ3n) is 5.35. The van der Waals surface area contributed by atoms with E-state index in [1.54, 1.807) is 0 Å². The molecule has 1 fully saturated rings. The van der Waals surface area contributed by atoms with Gasteiger partial charge < -0.3 is 10.4 Å². The van der Waals surface area contributed by atoms with Crippen LogP contribution in [0.4, 0.5) is 0 Å². The molecular weight excluding hydrogens is 290 g/mol. The zero-order valence-corrected chi connectivity index (χ0v) is 13.5. The number of rotatable bonds is 6. The fraction of sp³-hybridized carbons (Fsp3) is 0.579. The molecule has 0 saturated heterocycles. The summed E-state index contributed by atoms with van der Waals surface area (Å²) in [6.45, 7) is 0. The second kappa shape index (κ2) is 7.16. The SMILES string of the molecule is O=C(CC1CCC1)NC(CC1CCCc2ccccc21)C(=O)O. The standard InChI is InChI=1S/C19H25NO3/c21-18(11-13-5-3-6-13)20-17(19(22)23)12-15-9-4-8-14-7-1-2-10-16(14)15/h1-2,7,10,13,15,17H,3-6,8-9,11-12H2,(H,20,21)(H,22,23). The highest BCUT2D eigenvalue weighted by molar-refractivity contribution is 5.83. The molecule has 0 aromatic heterocycles. The van der Waals surface area contributed by atoms with E-state index in [1.165, 1.54) is 17.5 Å². The van der Waals surface area contributed by atoms with Crippen LogP contribution in [0, 0.1) is 5.92 Å². The molecule has 124 valence electrons. The van der Waals surface area contributed by atoms with Crippen molar-refractivity contribution in [3.63, 3.8) is 0 Å². The number of carbonyl (C=O) groups is 2. The number of nitrogens with one attached hydrogen (secondary N) is 1. The molecule has 2 aliphatic rings. The second-order valence-corrected chi connectivity index (χ2v) is 6.98. The number of benzene rings is 1. The molecule has 2 unspecified atom stereocenters. The maximum atomic E-state index is 12.1. The van der Waals surface area contributed by atoms with Gasteiger partial charge in [-0.2, -0.15) is 0 Å². The quantitative estimate of drug-likeness (QED) is 0.847. The first kappa shape index (κ1) is 16.0. The third kappa shape index (κ3) is 3.92. The first-order chi connectivity index (χ1) is 11.1. The van der Waals surface area contributed by atoms with Crippen molar-refractivity contribution in [3.8, 4) is 0 Å². The summed E-state index contributed by atoms with van der Waals surface area (Å²) in [6, 6.07) is 7.51. The van der Waals surface area contributed by atoms with E-state index in [4.69, 9.17) is 0 Å². The van der Waals surface area contributed by atoms with Gasteiger partial charge in [0, 0.05) is 6.42 Å². The summed E-state index contributed by atoms with van der Waals surface area (Å²) < 4.78 is 0. The third-order valence-corrected chi connectivity index (χ3v) is 5.35. The number of carboxylic acids is 1. The number of fused-ring (bicyclic) bond motifs is 1. The van der Waals surface area contributed by atoms with E-state index in [-0.39, 0.29) is 11.8 Å². The summed E-state index contributed by atoms with van der Waals surface area (Å²) in [5.41, 5.74) is 2.59. The van der Waals surface area contributed by atoms with E-state index in [0.29, 0.717) is 18.8 Å². The summed E-state index contributed by atoms with van der Waals surface area (Å²) in [6.07, 6.45) is 7.51. The number of aliphatic carboxylic acids is 1. The van der Waals surface area contributed by atoms with E-state index in [0.717, 1.165) is 32.1 Å². The smallest absolute Gasteiger partial charge is 0.326 e. The molecular formula is C19H25NO3. The maximum absolute atomic E-state index is 12.1. The van der Waals surface area contributed by atoms with Crippen LogP contribution in [-0.2, 0) is 16.0 Å². The minimum atomic E-state index is -0.921. The number of carboxylic acid groups (broad SMARTS) is 1. The highest BCUT2D eigenvalue weighted by Gasteiger charge is 2.29. The maximum Gasteiger partial charge on any atom is 0.326 e. The van der Waals surface area contributed by atoms with Gasteiger partial charge in [-0.25, -0.2) is 4.79 Å². The van der Waals surface area contributed by atoms with Crippen molar-refractivity contribution >= 4 is 11.9 Å². The monoisotopic (exact) mass is 315 g/mol. The van der Waals surface area contributed by atoms with Crippen molar-refractivity contribution in [1.29, 1.82) is 0 Å². The minimum Gasteiger partial charge on any atom is -0.480 e. The van der Waals surface area contributed by atoms with Gasteiger partial charge in [-0.1, -0.05) is 30.7 Å². The molecule has 3 rings (SSSR count). The van der Waals surface area contributed by atoms with Crippen molar-refractivity contribution in [2.75, 3.05) is 0 Å². The number of hydrogen-bond donors (Lipinski definition) is 2. The molecule has 0 heterocycles. The number of carbonyl (C=O) groups excluding carboxylic acids is 1. The van der Waals surface area contributed by atoms with Gasteiger partial charge in [-0.05, 0) is 61.5 Å². The summed E-state index contributed by atoms with van der Waals surface area (Å²) >= 11 is 0. The summed E-state index contributed by atoms with van der Waals surface area (Å²) in [7, 11) is 0. The highest BCUT2D eigenvalue weighted by atomic mass is 16.4. The van der Waals surface area contributed by atoms with Crippen LogP contribution in [0.3, 0.4) is 0 Å². The lowest BCUT2D eigenvalue weighted by Gasteiger charge is -2.29. The lowest BCUT2D eigenvalue weighted by Crippen LogP contribution is -2.43. The Morgan fingerprint density at radius 3 is 2.65 bits per heavy atom. The first-order valence-corrected chi connectivity index (χ1v) is 8.73. The second-order valence-electron chi connectivity index (χ2n) is 6.98. The highest BCUT2D eigenvalue weighted by Crippen LogP contribution is 2.35. The van der Waals surface area contributed by atoms with Gasteiger partial charge in [0.25, 0.3) is 0 Å². The van der Waals surface area contributed by atoms with Crippen molar-refractivity contribution in [1.82, 2.24) is 5.32 Å². The molecule has 1 saturated carbocycles. The van der Waals surface area contributed by atoms with Crippen molar-refractivity contribution in [2.45, 2.75) is 63.3 Å². The predicted octanol–water partition coefficient (Wildman–Crippen LogP) is 3.26. The van der Waals surface area contributed by atoms with Gasteiger partial charge >= 0.3 is 5.97 Å². The molecule has 4 nitrogen and oxygen atoms in total. The molecule has 2 aliphatic carbocycles. The number of amides is 1. The van der Waals surface area contributed by atoms with Crippen LogP contribution in [0.25, 0.3) is 0 Å². The average Bonchev–Trinajstić information content (AvgIpc) is 2.50. The van der Waals surface area contributed by atoms with E-state index in [9.17, 15) is 14.7 Å². The van der Waals surface area contributed by atoms with Crippen molar-refractivity contribution < 1.29 is 14.7 Å². The predicted molar refractivity (Wildman–Crippen MR) is 88.3 cm³/mol. The van der Waals surface area contributed by atoms with Gasteiger partial charge in [0.1, 0.15) is 6.04 Å². The molecule has 4 heteroatoms. The molecule has 0 bridgehead atoms. The Bertz CT molecular complexity index is 580. The molecule has 0 spiro atoms. The summed E-state index contributed by atoms with van der Waals surface area (Å²) in [5, 5.41) is 12.2. The lowest BCUT2D eigenvalue weighted by atomic mass is 9.79. The molecule has 2 N–H and O–H groups in total. The largest absolute Gasteiger partial charge is 0.480 e. The van der Waals surface area contributed by atoms with Crippen LogP contribution in [-0.4, -0.2) is 23.0 Å². The Labute approximate surface area is 137 Å². The summed E-state index contributed by atoms with van der Waals surface area (Å²) in [5.74, 6) is -0.342. The molecule has 1 aromatic rings. The summed E-state index contributed by atoms with van der Waals surface area (Å²) in [4.78, 5) is 23.6. The topological polar surface area (TPSA) is 66.4 Å². The molecule has 0 aliphatic heterocycles. The minimum absolute atomic E-state index is 0.105. The zero-order valence-electron chi connectivity index (χ0n) is 13.5. The molecule has 1 amide bonds. The number of hydrogen-bond acceptors (Lipinski definition) is 2. The molecule has 1 aromatic carbocycles. The van der Waals surface area contributed by atoms with Gasteiger partial charge in [-0.15, -0.1) is 0 Å². The molecule has 0 radical (unpaired) electrons. The lowest BCUT2D eigenvalue weighted by molar-refractivity contribution is -0.142. The van der Waals surface area contributed by atoms with Gasteiger partial charge in [0.2, 0.25) is 5.91 Å². The van der Waals surface area contributed by atoms with Crippen LogP contribution < -0.4 is 5.32 Å². The van der Waals surface area contributed by atoms with Crippen LogP contribution in [0.2, 0.25) is 0 Å². The van der Waals surface area contributed by atoms with Gasteiger partial charge in [-0.3, -0.25) is 4.79 Å². The Morgan fingerprint density at radius 1 is 1.17 bits per heavy atom. The normalized spacial score (nSPS) is 21.8. The van der Waals surface area contributed by atoms with Crippen molar-refractivity contribution in [2.24, 2.45) is 5.92 Å². The van der Waals surface area contributed by atoms with Crippen LogP contribution in [0.1, 0.15) is 62.0 Å². The number of aryl methyl sites for hydroxylation is 1. The molecule has 2 atom stereocenters. The van der Waals surface area contributed by atoms with Gasteiger partial charge in [0.15, 0.2) is 0 Å². The van der Waals surface area contributed by atoms with Crippen LogP contribution in [0.15, 0.2) is 24.3 Å². The Balaban J connectivity index is 1.63. The van der Waals surface area contributed by atoms with E-state index >= 15 is 0 Å². The van der Waals surface area contributed by atoms with E-state index < -0.39 is 12.0 Å². The Kier molecular flexibility index (Phi) is 4.99. The van der Waals surface area contributed by atoms with Crippen LogP contribution in [0.5, 0.6) is 0 Å². The average molecular weight is 315 g/mol.